The van der Waals surface area contributed by atoms with Gasteiger partial charge >= 0.3 is 0 Å². The predicted octanol–water partition coefficient (Wildman–Crippen LogP) is 2.53. The van der Waals surface area contributed by atoms with Crippen LogP contribution in [0.5, 0.6) is 11.5 Å². The van der Waals surface area contributed by atoms with Crippen LogP contribution < -0.4 is 14.8 Å². The van der Waals surface area contributed by atoms with Gasteiger partial charge in [0.25, 0.3) is 5.91 Å². The van der Waals surface area contributed by atoms with Crippen molar-refractivity contribution in [1.29, 1.82) is 0 Å². The van der Waals surface area contributed by atoms with Crippen molar-refractivity contribution in [3.8, 4) is 11.5 Å². The third-order valence-electron chi connectivity index (χ3n) is 2.94. The Hall–Kier alpha value is -2.34. The minimum atomic E-state index is -0.618. The highest BCUT2D eigenvalue weighted by Gasteiger charge is 2.15. The summed E-state index contributed by atoms with van der Waals surface area (Å²) >= 11 is 5.77. The van der Waals surface area contributed by atoms with Crippen LogP contribution in [0.1, 0.15) is 15.9 Å². The number of rotatable bonds is 3. The minimum Gasteiger partial charge on any atom is -0.454 e. The molecule has 1 aromatic carbocycles. The molecule has 1 aliphatic rings. The second-order valence-electron chi connectivity index (χ2n) is 4.36. The molecule has 0 spiro atoms. The van der Waals surface area contributed by atoms with E-state index in [9.17, 15) is 9.18 Å². The minimum absolute atomic E-state index is 0.00240. The number of amides is 1. The number of carbonyl (C=O) groups is 1. The Morgan fingerprint density at radius 3 is 3.00 bits per heavy atom. The fraction of sp³-hybridized carbons (Fsp3) is 0.143. The van der Waals surface area contributed by atoms with Gasteiger partial charge in [-0.05, 0) is 23.8 Å². The van der Waals surface area contributed by atoms with Crippen LogP contribution in [0.25, 0.3) is 0 Å². The van der Waals surface area contributed by atoms with Crippen molar-refractivity contribution >= 4 is 17.5 Å². The number of carbonyl (C=O) groups excluding carboxylic acids is 1. The molecule has 3 rings (SSSR count). The lowest BCUT2D eigenvalue weighted by Gasteiger charge is -2.07. The Kier molecular flexibility index (Phi) is 3.62. The van der Waals surface area contributed by atoms with Crippen LogP contribution in [-0.4, -0.2) is 17.7 Å². The number of nitrogens with zero attached hydrogens (tertiary/aromatic N) is 1. The lowest BCUT2D eigenvalue weighted by molar-refractivity contribution is 0.0950. The van der Waals surface area contributed by atoms with E-state index in [1.165, 1.54) is 0 Å². The van der Waals surface area contributed by atoms with Crippen LogP contribution in [0.15, 0.2) is 30.5 Å². The van der Waals surface area contributed by atoms with Crippen molar-refractivity contribution in [2.24, 2.45) is 0 Å². The highest BCUT2D eigenvalue weighted by Crippen LogP contribution is 2.32. The Bertz CT molecular complexity index is 709. The maximum absolute atomic E-state index is 13.1. The summed E-state index contributed by atoms with van der Waals surface area (Å²) in [6.07, 6.45) is 0.955. The third-order valence-corrected chi connectivity index (χ3v) is 3.24. The van der Waals surface area contributed by atoms with E-state index in [2.05, 4.69) is 10.3 Å². The molecule has 0 radical (unpaired) electrons. The molecule has 1 aromatic heterocycles. The van der Waals surface area contributed by atoms with Crippen LogP contribution in [0.2, 0.25) is 5.15 Å². The van der Waals surface area contributed by atoms with Crippen LogP contribution in [-0.2, 0) is 6.54 Å². The second-order valence-corrected chi connectivity index (χ2v) is 4.72. The summed E-state index contributed by atoms with van der Waals surface area (Å²) < 4.78 is 23.5. The molecular formula is C14H10ClFN2O3. The molecule has 2 aromatic rings. The van der Waals surface area contributed by atoms with Gasteiger partial charge in [-0.2, -0.15) is 0 Å². The highest BCUT2D eigenvalue weighted by atomic mass is 35.5. The number of pyridine rings is 1. The van der Waals surface area contributed by atoms with Gasteiger partial charge in [0, 0.05) is 6.54 Å². The van der Waals surface area contributed by atoms with E-state index in [0.29, 0.717) is 11.5 Å². The topological polar surface area (TPSA) is 60.5 Å². The first-order valence-corrected chi connectivity index (χ1v) is 6.49. The standard InChI is InChI=1S/C14H10ClFN2O3/c15-13-10(4-9(16)6-17-13)14(19)18-5-8-1-2-11-12(3-8)21-7-20-11/h1-4,6H,5,7H2,(H,18,19). The van der Waals surface area contributed by atoms with Crippen LogP contribution in [0, 0.1) is 5.82 Å². The number of benzene rings is 1. The monoisotopic (exact) mass is 308 g/mol. The van der Waals surface area contributed by atoms with E-state index in [1.807, 2.05) is 0 Å². The summed E-state index contributed by atoms with van der Waals surface area (Å²) in [4.78, 5) is 15.6. The van der Waals surface area contributed by atoms with Crippen molar-refractivity contribution in [2.45, 2.75) is 6.54 Å². The average Bonchev–Trinajstić information content (AvgIpc) is 2.94. The van der Waals surface area contributed by atoms with E-state index < -0.39 is 11.7 Å². The second kappa shape index (κ2) is 5.57. The summed E-state index contributed by atoms with van der Waals surface area (Å²) in [5.41, 5.74) is 0.825. The Balaban J connectivity index is 1.70. The maximum atomic E-state index is 13.1. The lowest BCUT2D eigenvalue weighted by atomic mass is 10.2. The molecule has 0 aliphatic carbocycles. The SMILES string of the molecule is O=C(NCc1ccc2c(c1)OCO2)c1cc(F)cnc1Cl. The zero-order valence-electron chi connectivity index (χ0n) is 10.7. The molecule has 1 amide bonds. The van der Waals surface area contributed by atoms with Crippen molar-refractivity contribution in [2.75, 3.05) is 6.79 Å². The van der Waals surface area contributed by atoms with Gasteiger partial charge in [-0.3, -0.25) is 4.79 Å². The maximum Gasteiger partial charge on any atom is 0.254 e. The lowest BCUT2D eigenvalue weighted by Crippen LogP contribution is -2.23. The number of aromatic nitrogens is 1. The molecule has 0 unspecified atom stereocenters. The summed E-state index contributed by atoms with van der Waals surface area (Å²) in [6, 6.07) is 6.39. The summed E-state index contributed by atoms with van der Waals surface area (Å²) in [7, 11) is 0. The molecular weight excluding hydrogens is 299 g/mol. The first-order valence-electron chi connectivity index (χ1n) is 6.11. The van der Waals surface area contributed by atoms with E-state index in [-0.39, 0.29) is 24.1 Å². The fourth-order valence-electron chi connectivity index (χ4n) is 1.91. The summed E-state index contributed by atoms with van der Waals surface area (Å²) in [5, 5.41) is 2.61. The zero-order valence-corrected chi connectivity index (χ0v) is 11.5. The first-order chi connectivity index (χ1) is 10.1. The Labute approximate surface area is 124 Å². The molecule has 21 heavy (non-hydrogen) atoms. The molecule has 7 heteroatoms. The van der Waals surface area contributed by atoms with Gasteiger partial charge in [-0.1, -0.05) is 17.7 Å². The van der Waals surface area contributed by atoms with Gasteiger partial charge in [0.2, 0.25) is 6.79 Å². The van der Waals surface area contributed by atoms with Crippen molar-refractivity contribution in [3.63, 3.8) is 0 Å². The van der Waals surface area contributed by atoms with Gasteiger partial charge in [0.15, 0.2) is 11.5 Å². The van der Waals surface area contributed by atoms with E-state index in [4.69, 9.17) is 21.1 Å². The Morgan fingerprint density at radius 2 is 2.14 bits per heavy atom. The average molecular weight is 309 g/mol. The fourth-order valence-corrected chi connectivity index (χ4v) is 2.10. The number of nitrogens with one attached hydrogen (secondary N) is 1. The van der Waals surface area contributed by atoms with Crippen LogP contribution in [0.3, 0.4) is 0 Å². The normalized spacial score (nSPS) is 12.3. The predicted molar refractivity (Wildman–Crippen MR) is 72.9 cm³/mol. The van der Waals surface area contributed by atoms with Gasteiger partial charge < -0.3 is 14.8 Å². The van der Waals surface area contributed by atoms with Crippen molar-refractivity contribution in [1.82, 2.24) is 10.3 Å². The smallest absolute Gasteiger partial charge is 0.254 e. The Morgan fingerprint density at radius 1 is 1.33 bits per heavy atom. The quantitative estimate of drug-likeness (QED) is 0.885. The van der Waals surface area contributed by atoms with E-state index >= 15 is 0 Å². The molecule has 0 saturated carbocycles. The molecule has 2 heterocycles. The highest BCUT2D eigenvalue weighted by molar-refractivity contribution is 6.32. The van der Waals surface area contributed by atoms with Gasteiger partial charge in [-0.25, -0.2) is 9.37 Å². The molecule has 0 fully saturated rings. The summed E-state index contributed by atoms with van der Waals surface area (Å²) in [6.45, 7) is 0.442. The molecule has 1 aliphatic heterocycles. The third kappa shape index (κ3) is 2.90. The molecule has 0 atom stereocenters. The molecule has 108 valence electrons. The number of halogens is 2. The zero-order chi connectivity index (χ0) is 14.8. The number of hydrogen-bond acceptors (Lipinski definition) is 4. The van der Waals surface area contributed by atoms with Crippen molar-refractivity contribution in [3.05, 3.63) is 52.6 Å². The van der Waals surface area contributed by atoms with E-state index in [0.717, 1.165) is 17.8 Å². The molecule has 1 N–H and O–H groups in total. The number of hydrogen-bond donors (Lipinski definition) is 1. The number of fused-ring (bicyclic) bond motifs is 1. The van der Waals surface area contributed by atoms with Gasteiger partial charge in [0.05, 0.1) is 11.8 Å². The van der Waals surface area contributed by atoms with E-state index in [1.54, 1.807) is 18.2 Å². The molecule has 5 nitrogen and oxygen atoms in total. The largest absolute Gasteiger partial charge is 0.454 e. The molecule has 0 bridgehead atoms. The van der Waals surface area contributed by atoms with Gasteiger partial charge in [0.1, 0.15) is 11.0 Å². The first kappa shape index (κ1) is 13.6. The van der Waals surface area contributed by atoms with Crippen LogP contribution >= 0.6 is 11.6 Å². The van der Waals surface area contributed by atoms with Crippen molar-refractivity contribution < 1.29 is 18.7 Å². The summed E-state index contributed by atoms with van der Waals surface area (Å²) in [5.74, 6) is 0.187. The van der Waals surface area contributed by atoms with Crippen LogP contribution in [0.4, 0.5) is 4.39 Å². The van der Waals surface area contributed by atoms with Gasteiger partial charge in [-0.15, -0.1) is 0 Å². The number of ether oxygens (including phenoxy) is 2. The molecule has 0 saturated heterocycles.